The summed E-state index contributed by atoms with van der Waals surface area (Å²) in [5.74, 6) is 0.322. The molecule has 0 unspecified atom stereocenters. The highest BCUT2D eigenvalue weighted by atomic mass is 16.5. The van der Waals surface area contributed by atoms with Gasteiger partial charge in [0, 0.05) is 6.07 Å². The fourth-order valence-electron chi connectivity index (χ4n) is 3.00. The molecule has 0 fully saturated rings. The zero-order valence-electron chi connectivity index (χ0n) is 15.6. The van der Waals surface area contributed by atoms with Crippen LogP contribution in [0.15, 0.2) is 72.5 Å². The van der Waals surface area contributed by atoms with E-state index in [1.54, 1.807) is 36.4 Å². The van der Waals surface area contributed by atoms with Gasteiger partial charge in [0.25, 0.3) is 0 Å². The lowest BCUT2D eigenvalue weighted by Crippen LogP contribution is -2.08. The number of aryl methyl sites for hydroxylation is 2. The predicted octanol–water partition coefficient (Wildman–Crippen LogP) is 5.14. The van der Waals surface area contributed by atoms with E-state index < -0.39 is 5.97 Å². The molecule has 0 N–H and O–H groups in total. The van der Waals surface area contributed by atoms with E-state index >= 15 is 0 Å². The molecule has 0 amide bonds. The van der Waals surface area contributed by atoms with Gasteiger partial charge in [-0.1, -0.05) is 47.5 Å². The molecule has 0 spiro atoms. The molecule has 4 heteroatoms. The van der Waals surface area contributed by atoms with Crippen LogP contribution in [-0.4, -0.2) is 11.8 Å². The van der Waals surface area contributed by atoms with Crippen LogP contribution in [0.2, 0.25) is 0 Å². The van der Waals surface area contributed by atoms with Gasteiger partial charge in [-0.05, 0) is 49.8 Å². The average molecular weight is 370 g/mol. The van der Waals surface area contributed by atoms with E-state index in [1.165, 1.54) is 0 Å². The second-order valence-corrected chi connectivity index (χ2v) is 6.77. The number of rotatable bonds is 3. The zero-order valence-corrected chi connectivity index (χ0v) is 15.6. The van der Waals surface area contributed by atoms with Crippen molar-refractivity contribution in [2.75, 3.05) is 0 Å². The van der Waals surface area contributed by atoms with Crippen LogP contribution < -0.4 is 9.47 Å². The molecular weight excluding hydrogens is 352 g/mol. The monoisotopic (exact) mass is 370 g/mol. The average Bonchev–Trinajstić information content (AvgIpc) is 2.97. The highest BCUT2D eigenvalue weighted by Gasteiger charge is 2.28. The summed E-state index contributed by atoms with van der Waals surface area (Å²) in [5.41, 5.74) is 3.97. The number of ether oxygens (including phenoxy) is 2. The molecule has 1 aliphatic heterocycles. The molecule has 0 radical (unpaired) electrons. The van der Waals surface area contributed by atoms with Gasteiger partial charge in [-0.15, -0.1) is 0 Å². The van der Waals surface area contributed by atoms with Gasteiger partial charge in [0.05, 0.1) is 11.1 Å². The highest BCUT2D eigenvalue weighted by Crippen LogP contribution is 2.35. The molecule has 0 saturated carbocycles. The van der Waals surface area contributed by atoms with Gasteiger partial charge in [-0.3, -0.25) is 4.79 Å². The molecule has 0 saturated heterocycles. The van der Waals surface area contributed by atoms with E-state index in [2.05, 4.69) is 0 Å². The molecule has 4 rings (SSSR count). The largest absolute Gasteiger partial charge is 0.452 e. The summed E-state index contributed by atoms with van der Waals surface area (Å²) in [4.78, 5) is 24.9. The summed E-state index contributed by atoms with van der Waals surface area (Å²) in [7, 11) is 0. The summed E-state index contributed by atoms with van der Waals surface area (Å²) < 4.78 is 11.1. The van der Waals surface area contributed by atoms with Crippen LogP contribution in [0, 0.1) is 13.8 Å². The Morgan fingerprint density at radius 1 is 0.929 bits per heavy atom. The minimum absolute atomic E-state index is 0.187. The maximum Gasteiger partial charge on any atom is 0.343 e. The van der Waals surface area contributed by atoms with E-state index in [0.717, 1.165) is 16.7 Å². The lowest BCUT2D eigenvalue weighted by atomic mass is 10.1. The summed E-state index contributed by atoms with van der Waals surface area (Å²) in [5, 5.41) is 0. The number of allylic oxidation sites excluding steroid dienone is 1. The molecule has 1 heterocycles. The van der Waals surface area contributed by atoms with Crippen molar-refractivity contribution in [2.45, 2.75) is 13.8 Å². The Bertz CT molecular complexity index is 1110. The number of hydrogen-bond donors (Lipinski definition) is 0. The first-order chi connectivity index (χ1) is 13.5. The molecule has 3 aromatic carbocycles. The smallest absolute Gasteiger partial charge is 0.343 e. The Balaban J connectivity index is 1.55. The molecule has 3 aromatic rings. The lowest BCUT2D eigenvalue weighted by Gasteiger charge is -2.06. The van der Waals surface area contributed by atoms with Crippen molar-refractivity contribution in [1.29, 1.82) is 0 Å². The van der Waals surface area contributed by atoms with Gasteiger partial charge in [-0.2, -0.15) is 0 Å². The van der Waals surface area contributed by atoms with E-state index in [1.807, 2.05) is 50.2 Å². The Hall–Kier alpha value is -3.66. The van der Waals surface area contributed by atoms with Gasteiger partial charge in [-0.25, -0.2) is 4.79 Å². The van der Waals surface area contributed by atoms with Crippen molar-refractivity contribution in [2.24, 2.45) is 0 Å². The zero-order chi connectivity index (χ0) is 19.7. The molecule has 28 heavy (non-hydrogen) atoms. The Labute approximate surface area is 163 Å². The molecule has 0 aliphatic carbocycles. The SMILES string of the molecule is Cc1ccc(C(=O)Oc2ccc3c(c2)O/C(=C\c2cccc(C)c2)C3=O)cc1. The first-order valence-corrected chi connectivity index (χ1v) is 8.93. The second-order valence-electron chi connectivity index (χ2n) is 6.77. The number of carbonyl (C=O) groups is 2. The van der Waals surface area contributed by atoms with Crippen molar-refractivity contribution < 1.29 is 19.1 Å². The minimum atomic E-state index is -0.459. The summed E-state index contributed by atoms with van der Waals surface area (Å²) in [6, 6.07) is 19.7. The van der Waals surface area contributed by atoms with Gasteiger partial charge in [0.2, 0.25) is 5.78 Å². The second kappa shape index (κ2) is 7.16. The quantitative estimate of drug-likeness (QED) is 0.364. The third kappa shape index (κ3) is 3.58. The number of ketones is 1. The van der Waals surface area contributed by atoms with Crippen LogP contribution in [-0.2, 0) is 0 Å². The topological polar surface area (TPSA) is 52.6 Å². The van der Waals surface area contributed by atoms with Gasteiger partial charge in [0.15, 0.2) is 5.76 Å². The van der Waals surface area contributed by atoms with Crippen LogP contribution in [0.4, 0.5) is 0 Å². The normalized spacial score (nSPS) is 13.9. The van der Waals surface area contributed by atoms with Crippen LogP contribution in [0.3, 0.4) is 0 Å². The standard InChI is InChI=1S/C24H18O4/c1-15-6-8-18(9-7-15)24(26)27-19-10-11-20-21(14-19)28-22(23(20)25)13-17-5-3-4-16(2)12-17/h3-14H,1-2H3/b22-13-. The van der Waals surface area contributed by atoms with Crippen LogP contribution >= 0.6 is 0 Å². The number of benzene rings is 3. The predicted molar refractivity (Wildman–Crippen MR) is 107 cm³/mol. The van der Waals surface area contributed by atoms with Crippen LogP contribution in [0.1, 0.15) is 37.4 Å². The van der Waals surface area contributed by atoms with Crippen molar-refractivity contribution in [3.8, 4) is 11.5 Å². The molecule has 0 atom stereocenters. The van der Waals surface area contributed by atoms with E-state index in [4.69, 9.17) is 9.47 Å². The van der Waals surface area contributed by atoms with Gasteiger partial charge >= 0.3 is 5.97 Å². The number of hydrogen-bond acceptors (Lipinski definition) is 4. The van der Waals surface area contributed by atoms with Crippen molar-refractivity contribution in [3.63, 3.8) is 0 Å². The Morgan fingerprint density at radius 2 is 1.71 bits per heavy atom. The third-order valence-electron chi connectivity index (χ3n) is 4.48. The van der Waals surface area contributed by atoms with Gasteiger partial charge in [0.1, 0.15) is 11.5 Å². The van der Waals surface area contributed by atoms with Crippen molar-refractivity contribution in [1.82, 2.24) is 0 Å². The van der Waals surface area contributed by atoms with E-state index in [0.29, 0.717) is 22.6 Å². The van der Waals surface area contributed by atoms with Crippen LogP contribution in [0.5, 0.6) is 11.5 Å². The number of fused-ring (bicyclic) bond motifs is 1. The molecule has 1 aliphatic rings. The third-order valence-corrected chi connectivity index (χ3v) is 4.48. The summed E-state index contributed by atoms with van der Waals surface area (Å²) in [6.45, 7) is 3.94. The summed E-state index contributed by atoms with van der Waals surface area (Å²) >= 11 is 0. The van der Waals surface area contributed by atoms with Crippen molar-refractivity contribution >= 4 is 17.8 Å². The van der Waals surface area contributed by atoms with Gasteiger partial charge < -0.3 is 9.47 Å². The minimum Gasteiger partial charge on any atom is -0.452 e. The molecule has 4 nitrogen and oxygen atoms in total. The van der Waals surface area contributed by atoms with Crippen molar-refractivity contribution in [3.05, 3.63) is 100 Å². The maximum absolute atomic E-state index is 12.6. The highest BCUT2D eigenvalue weighted by molar-refractivity contribution is 6.14. The molecule has 0 aromatic heterocycles. The molecule has 138 valence electrons. The number of carbonyl (C=O) groups excluding carboxylic acids is 2. The van der Waals surface area contributed by atoms with E-state index in [9.17, 15) is 9.59 Å². The number of esters is 1. The first kappa shape index (κ1) is 17.7. The Morgan fingerprint density at radius 3 is 2.46 bits per heavy atom. The maximum atomic E-state index is 12.6. The molecular formula is C24H18O4. The Kier molecular flexibility index (Phi) is 4.53. The fourth-order valence-corrected chi connectivity index (χ4v) is 3.00. The molecule has 0 bridgehead atoms. The van der Waals surface area contributed by atoms with Crippen LogP contribution in [0.25, 0.3) is 6.08 Å². The fraction of sp³-hybridized carbons (Fsp3) is 0.0833. The van der Waals surface area contributed by atoms with E-state index in [-0.39, 0.29) is 11.5 Å². The summed E-state index contributed by atoms with van der Waals surface area (Å²) in [6.07, 6.45) is 1.72. The first-order valence-electron chi connectivity index (χ1n) is 8.93. The number of Topliss-reactive ketones (excluding diaryl/α,β-unsaturated/α-hetero) is 1. The lowest BCUT2D eigenvalue weighted by molar-refractivity contribution is 0.0734.